The summed E-state index contributed by atoms with van der Waals surface area (Å²) in [5, 5.41) is 0. The number of imide groups is 1. The second kappa shape index (κ2) is 6.19. The van der Waals surface area contributed by atoms with Crippen LogP contribution in [0.4, 0.5) is 10.5 Å². The van der Waals surface area contributed by atoms with Gasteiger partial charge in [0.05, 0.1) is 12.2 Å². The number of hydrogen-bond donors (Lipinski definition) is 3. The van der Waals surface area contributed by atoms with Gasteiger partial charge in [-0.05, 0) is 30.5 Å². The van der Waals surface area contributed by atoms with Crippen LogP contribution in [0.25, 0.3) is 0 Å². The maximum absolute atomic E-state index is 12.3. The van der Waals surface area contributed by atoms with Crippen molar-refractivity contribution in [3.8, 4) is 0 Å². The van der Waals surface area contributed by atoms with Gasteiger partial charge in [-0.25, -0.2) is 9.79 Å². The van der Waals surface area contributed by atoms with Crippen molar-refractivity contribution in [1.29, 1.82) is 0 Å². The minimum Gasteiger partial charge on any atom is -0.370 e. The van der Waals surface area contributed by atoms with E-state index in [0.717, 1.165) is 18.4 Å². The minimum absolute atomic E-state index is 0.0479. The van der Waals surface area contributed by atoms with Crippen LogP contribution in [0.1, 0.15) is 18.4 Å². The Balaban J connectivity index is 1.70. The van der Waals surface area contributed by atoms with Crippen molar-refractivity contribution < 1.29 is 9.59 Å². The molecule has 9 heteroatoms. The molecule has 24 heavy (non-hydrogen) atoms. The van der Waals surface area contributed by atoms with E-state index in [-0.39, 0.29) is 36.4 Å². The van der Waals surface area contributed by atoms with E-state index in [1.807, 2.05) is 0 Å². The predicted molar refractivity (Wildman–Crippen MR) is 89.2 cm³/mol. The van der Waals surface area contributed by atoms with Crippen LogP contribution in [-0.4, -0.2) is 46.2 Å². The molecule has 1 atom stereocenters. The quantitative estimate of drug-likeness (QED) is 0.401. The molecule has 2 aliphatic rings. The highest BCUT2D eigenvalue weighted by atomic mass is 16.2. The summed E-state index contributed by atoms with van der Waals surface area (Å²) in [4.78, 5) is 35.2. The number of nitrogens with zero attached hydrogens (tertiary/aromatic N) is 4. The van der Waals surface area contributed by atoms with Crippen molar-refractivity contribution in [1.82, 2.24) is 9.80 Å². The summed E-state index contributed by atoms with van der Waals surface area (Å²) in [6.45, 7) is 0.904. The van der Waals surface area contributed by atoms with Gasteiger partial charge < -0.3 is 22.1 Å². The summed E-state index contributed by atoms with van der Waals surface area (Å²) in [6, 6.07) is 6.52. The number of urea groups is 1. The first-order valence-electron chi connectivity index (χ1n) is 7.60. The lowest BCUT2D eigenvalue weighted by Crippen LogP contribution is -2.32. The number of hydrogen-bond acceptors (Lipinski definition) is 3. The molecule has 2 heterocycles. The van der Waals surface area contributed by atoms with Gasteiger partial charge >= 0.3 is 6.03 Å². The van der Waals surface area contributed by atoms with Gasteiger partial charge in [0.15, 0.2) is 5.96 Å². The van der Waals surface area contributed by atoms with Gasteiger partial charge in [0.1, 0.15) is 6.04 Å². The lowest BCUT2D eigenvalue weighted by Gasteiger charge is -2.15. The van der Waals surface area contributed by atoms with Crippen LogP contribution in [0.5, 0.6) is 0 Å². The largest absolute Gasteiger partial charge is 0.370 e. The van der Waals surface area contributed by atoms with Crippen LogP contribution in [0.15, 0.2) is 34.3 Å². The Bertz CT molecular complexity index is 700. The van der Waals surface area contributed by atoms with E-state index in [9.17, 15) is 9.59 Å². The Labute approximate surface area is 138 Å². The van der Waals surface area contributed by atoms with E-state index in [1.165, 1.54) is 4.90 Å². The number of benzene rings is 1. The van der Waals surface area contributed by atoms with Crippen LogP contribution in [0.2, 0.25) is 0 Å². The smallest absolute Gasteiger partial charge is 0.327 e. The monoisotopic (exact) mass is 329 g/mol. The third kappa shape index (κ3) is 3.00. The lowest BCUT2D eigenvalue weighted by atomic mass is 10.1. The molecule has 1 unspecified atom stereocenters. The zero-order chi connectivity index (χ0) is 17.3. The van der Waals surface area contributed by atoms with E-state index in [0.29, 0.717) is 12.2 Å². The minimum atomic E-state index is -0.277. The second-order valence-corrected chi connectivity index (χ2v) is 5.73. The third-order valence-electron chi connectivity index (χ3n) is 4.04. The molecule has 0 bridgehead atoms. The van der Waals surface area contributed by atoms with E-state index in [4.69, 9.17) is 17.2 Å². The van der Waals surface area contributed by atoms with Crippen molar-refractivity contribution in [2.24, 2.45) is 27.2 Å². The Morgan fingerprint density at radius 3 is 2.50 bits per heavy atom. The van der Waals surface area contributed by atoms with Gasteiger partial charge in [-0.15, -0.1) is 0 Å². The molecule has 6 N–H and O–H groups in total. The number of aliphatic imine (C=N–C) groups is 2. The number of amides is 3. The van der Waals surface area contributed by atoms with Gasteiger partial charge in [0.2, 0.25) is 5.96 Å². The summed E-state index contributed by atoms with van der Waals surface area (Å²) >= 11 is 0. The molecule has 1 aromatic rings. The number of carbonyl (C=O) groups is 2. The SMILES string of the molecule is NC(N)=NC(N)=Nc1ccc(CN2C(=O)C3CCCN3C2=O)cc1. The fourth-order valence-corrected chi connectivity index (χ4v) is 2.98. The number of nitrogens with two attached hydrogens (primary N) is 3. The van der Waals surface area contributed by atoms with Crippen LogP contribution < -0.4 is 17.2 Å². The number of guanidine groups is 2. The molecule has 3 amide bonds. The van der Waals surface area contributed by atoms with Crippen LogP contribution in [0.3, 0.4) is 0 Å². The van der Waals surface area contributed by atoms with Crippen LogP contribution in [-0.2, 0) is 11.3 Å². The first-order chi connectivity index (χ1) is 11.5. The predicted octanol–water partition coefficient (Wildman–Crippen LogP) is -0.167. The first-order valence-corrected chi connectivity index (χ1v) is 7.60. The molecule has 0 saturated carbocycles. The zero-order valence-corrected chi connectivity index (χ0v) is 13.1. The fourth-order valence-electron chi connectivity index (χ4n) is 2.98. The van der Waals surface area contributed by atoms with Gasteiger partial charge in [-0.1, -0.05) is 12.1 Å². The van der Waals surface area contributed by atoms with E-state index >= 15 is 0 Å². The highest BCUT2D eigenvalue weighted by Crippen LogP contribution is 2.28. The summed E-state index contributed by atoms with van der Waals surface area (Å²) in [7, 11) is 0. The van der Waals surface area contributed by atoms with Crippen molar-refractivity contribution in [3.05, 3.63) is 29.8 Å². The average Bonchev–Trinajstić information content (AvgIpc) is 3.08. The molecule has 2 fully saturated rings. The molecule has 3 rings (SSSR count). The molecule has 126 valence electrons. The Morgan fingerprint density at radius 1 is 1.17 bits per heavy atom. The molecule has 2 saturated heterocycles. The molecular weight excluding hydrogens is 310 g/mol. The van der Waals surface area contributed by atoms with Gasteiger partial charge in [-0.3, -0.25) is 9.69 Å². The second-order valence-electron chi connectivity index (χ2n) is 5.73. The summed E-state index contributed by atoms with van der Waals surface area (Å²) < 4.78 is 0. The molecule has 0 aromatic heterocycles. The highest BCUT2D eigenvalue weighted by molar-refractivity contribution is 6.04. The maximum Gasteiger partial charge on any atom is 0.327 e. The number of rotatable bonds is 3. The molecule has 1 aromatic carbocycles. The van der Waals surface area contributed by atoms with Crippen LogP contribution in [0, 0.1) is 0 Å². The normalized spacial score (nSPS) is 20.5. The maximum atomic E-state index is 12.3. The molecule has 0 spiro atoms. The highest BCUT2D eigenvalue weighted by Gasteiger charge is 2.47. The van der Waals surface area contributed by atoms with Crippen molar-refractivity contribution >= 4 is 29.5 Å². The Kier molecular flexibility index (Phi) is 4.07. The van der Waals surface area contributed by atoms with Gasteiger partial charge in [0, 0.05) is 6.54 Å². The van der Waals surface area contributed by atoms with Crippen molar-refractivity contribution in [3.63, 3.8) is 0 Å². The number of carbonyl (C=O) groups excluding carboxylic acids is 2. The van der Waals surface area contributed by atoms with E-state index in [1.54, 1.807) is 29.2 Å². The first kappa shape index (κ1) is 15.8. The Morgan fingerprint density at radius 2 is 1.88 bits per heavy atom. The van der Waals surface area contributed by atoms with Crippen LogP contribution >= 0.6 is 0 Å². The standard InChI is InChI=1S/C15H19N7O2/c16-13(17)20-14(18)19-10-5-3-9(4-6-10)8-22-12(23)11-2-1-7-21(11)15(22)24/h3-6,11H,1-2,7-8H2,(H6,16,17,18,19,20). The number of fused-ring (bicyclic) bond motifs is 1. The molecule has 0 radical (unpaired) electrons. The molecular formula is C15H19N7O2. The van der Waals surface area contributed by atoms with Gasteiger partial charge in [0.25, 0.3) is 5.91 Å². The van der Waals surface area contributed by atoms with E-state index in [2.05, 4.69) is 9.98 Å². The van der Waals surface area contributed by atoms with E-state index < -0.39 is 0 Å². The summed E-state index contributed by atoms with van der Waals surface area (Å²) in [6.07, 6.45) is 1.64. The topological polar surface area (TPSA) is 143 Å². The lowest BCUT2D eigenvalue weighted by molar-refractivity contribution is -0.128. The Hall–Kier alpha value is -3.10. The summed E-state index contributed by atoms with van der Waals surface area (Å²) in [5.74, 6) is -0.329. The molecule has 2 aliphatic heterocycles. The molecule has 9 nitrogen and oxygen atoms in total. The molecule has 0 aliphatic carbocycles. The van der Waals surface area contributed by atoms with Crippen molar-refractivity contribution in [2.75, 3.05) is 6.54 Å². The fraction of sp³-hybridized carbons (Fsp3) is 0.333. The summed E-state index contributed by atoms with van der Waals surface area (Å²) in [5.41, 5.74) is 17.4. The van der Waals surface area contributed by atoms with Gasteiger partial charge in [-0.2, -0.15) is 4.99 Å². The zero-order valence-electron chi connectivity index (χ0n) is 13.1. The third-order valence-corrected chi connectivity index (χ3v) is 4.04. The average molecular weight is 329 g/mol. The van der Waals surface area contributed by atoms with Crippen molar-refractivity contribution in [2.45, 2.75) is 25.4 Å².